The monoisotopic (exact) mass is 380 g/mol. The average molecular weight is 380 g/mol. The molecule has 0 aliphatic carbocycles. The number of nitrogens with zero attached hydrogens (tertiary/aromatic N) is 2. The van der Waals surface area contributed by atoms with Crippen LogP contribution in [-0.4, -0.2) is 41.4 Å². The minimum Gasteiger partial charge on any atom is -0.491 e. The number of amides is 1. The van der Waals surface area contributed by atoms with Gasteiger partial charge in [0.2, 0.25) is 0 Å². The van der Waals surface area contributed by atoms with Gasteiger partial charge >= 0.3 is 6.09 Å². The van der Waals surface area contributed by atoms with Crippen molar-refractivity contribution >= 4 is 17.0 Å². The molecule has 3 rings (SSSR count). The molecule has 0 bridgehead atoms. The van der Waals surface area contributed by atoms with Crippen LogP contribution in [0.2, 0.25) is 0 Å². The zero-order valence-corrected chi connectivity index (χ0v) is 17.0. The van der Waals surface area contributed by atoms with E-state index in [4.69, 9.17) is 9.47 Å². The van der Waals surface area contributed by atoms with Crippen molar-refractivity contribution in [3.63, 3.8) is 0 Å². The van der Waals surface area contributed by atoms with E-state index in [1.807, 2.05) is 39.0 Å². The number of likely N-dealkylation sites (N-methyl/N-ethyl adjacent to an activating group) is 1. The lowest BCUT2D eigenvalue weighted by molar-refractivity contribution is 0.0278. The van der Waals surface area contributed by atoms with Crippen LogP contribution >= 0.6 is 0 Å². The number of hydrogen-bond donors (Lipinski definition) is 0. The Labute approximate surface area is 166 Å². The number of ether oxygens (including phenoxy) is 2. The Hall–Kier alpha value is -2.95. The zero-order chi connectivity index (χ0) is 20.1. The minimum atomic E-state index is -0.501. The van der Waals surface area contributed by atoms with Crippen molar-refractivity contribution in [2.75, 3.05) is 20.2 Å². The predicted octanol–water partition coefficient (Wildman–Crippen LogP) is 4.94. The standard InChI is InChI=1S/C23H28N2O3/c1-23(2,3)28-22(26)24(4)15-16-27-21-12-8-11-20-19(21)13-14-25(20)17-18-9-6-5-7-10-18/h5-14H,15-17H2,1-4H3. The molecule has 0 aliphatic heterocycles. The molecule has 0 unspecified atom stereocenters. The second kappa shape index (κ2) is 8.38. The maximum Gasteiger partial charge on any atom is 0.410 e. The molecular weight excluding hydrogens is 352 g/mol. The Morgan fingerprint density at radius 3 is 2.50 bits per heavy atom. The van der Waals surface area contributed by atoms with Crippen molar-refractivity contribution in [3.8, 4) is 5.75 Å². The van der Waals surface area contributed by atoms with E-state index in [0.717, 1.165) is 23.2 Å². The van der Waals surface area contributed by atoms with Crippen LogP contribution in [-0.2, 0) is 11.3 Å². The van der Waals surface area contributed by atoms with Crippen LogP contribution in [0.15, 0.2) is 60.8 Å². The van der Waals surface area contributed by atoms with E-state index in [-0.39, 0.29) is 6.09 Å². The summed E-state index contributed by atoms with van der Waals surface area (Å²) in [6.45, 7) is 7.24. The van der Waals surface area contributed by atoms with Crippen molar-refractivity contribution < 1.29 is 14.3 Å². The summed E-state index contributed by atoms with van der Waals surface area (Å²) in [6.07, 6.45) is 1.74. The molecule has 0 radical (unpaired) electrons. The molecule has 1 heterocycles. The lowest BCUT2D eigenvalue weighted by atomic mass is 10.2. The number of benzene rings is 2. The SMILES string of the molecule is CN(CCOc1cccc2c1ccn2Cc1ccccc1)C(=O)OC(C)(C)C. The molecule has 1 amide bonds. The Balaban J connectivity index is 1.63. The maximum atomic E-state index is 12.0. The molecule has 5 heteroatoms. The molecule has 1 aromatic heterocycles. The van der Waals surface area contributed by atoms with Crippen LogP contribution in [0.5, 0.6) is 5.75 Å². The summed E-state index contributed by atoms with van der Waals surface area (Å²) in [5.41, 5.74) is 1.88. The molecular formula is C23H28N2O3. The average Bonchev–Trinajstić information content (AvgIpc) is 3.05. The van der Waals surface area contributed by atoms with Gasteiger partial charge in [0, 0.05) is 25.2 Å². The lowest BCUT2D eigenvalue weighted by Crippen LogP contribution is -2.36. The first-order chi connectivity index (χ1) is 13.3. The van der Waals surface area contributed by atoms with Gasteiger partial charge in [0.25, 0.3) is 0 Å². The van der Waals surface area contributed by atoms with Gasteiger partial charge in [-0.15, -0.1) is 0 Å². The summed E-state index contributed by atoms with van der Waals surface area (Å²) >= 11 is 0. The number of aromatic nitrogens is 1. The van der Waals surface area contributed by atoms with Gasteiger partial charge in [0.15, 0.2) is 0 Å². The fourth-order valence-corrected chi connectivity index (χ4v) is 2.96. The number of carbonyl (C=O) groups is 1. The summed E-state index contributed by atoms with van der Waals surface area (Å²) in [7, 11) is 1.72. The normalized spacial score (nSPS) is 11.4. The number of hydrogen-bond acceptors (Lipinski definition) is 3. The maximum absolute atomic E-state index is 12.0. The number of rotatable bonds is 6. The molecule has 3 aromatic rings. The topological polar surface area (TPSA) is 43.7 Å². The van der Waals surface area contributed by atoms with Crippen LogP contribution in [0.25, 0.3) is 10.9 Å². The first-order valence-electron chi connectivity index (χ1n) is 9.52. The van der Waals surface area contributed by atoms with Gasteiger partial charge in [0.05, 0.1) is 12.1 Å². The first-order valence-corrected chi connectivity index (χ1v) is 9.52. The lowest BCUT2D eigenvalue weighted by Gasteiger charge is -2.24. The molecule has 0 spiro atoms. The van der Waals surface area contributed by atoms with E-state index in [1.165, 1.54) is 10.5 Å². The molecule has 0 fully saturated rings. The fraction of sp³-hybridized carbons (Fsp3) is 0.348. The first kappa shape index (κ1) is 19.8. The van der Waals surface area contributed by atoms with Gasteiger partial charge in [-0.3, -0.25) is 0 Å². The third-order valence-corrected chi connectivity index (χ3v) is 4.36. The molecule has 0 aliphatic rings. The summed E-state index contributed by atoms with van der Waals surface area (Å²) < 4.78 is 13.5. The molecule has 0 saturated heterocycles. The summed E-state index contributed by atoms with van der Waals surface area (Å²) in [6, 6.07) is 18.5. The van der Waals surface area contributed by atoms with Crippen molar-refractivity contribution in [2.45, 2.75) is 32.9 Å². The van der Waals surface area contributed by atoms with E-state index in [1.54, 1.807) is 7.05 Å². The van der Waals surface area contributed by atoms with Gasteiger partial charge in [-0.05, 0) is 44.5 Å². The van der Waals surface area contributed by atoms with Crippen molar-refractivity contribution in [1.29, 1.82) is 0 Å². The Bertz CT molecular complexity index is 926. The van der Waals surface area contributed by atoms with Crippen LogP contribution in [0, 0.1) is 0 Å². The van der Waals surface area contributed by atoms with E-state index in [9.17, 15) is 4.79 Å². The number of fused-ring (bicyclic) bond motifs is 1. The van der Waals surface area contributed by atoms with E-state index < -0.39 is 5.60 Å². The predicted molar refractivity (Wildman–Crippen MR) is 112 cm³/mol. The van der Waals surface area contributed by atoms with Gasteiger partial charge in [-0.2, -0.15) is 0 Å². The molecule has 148 valence electrons. The van der Waals surface area contributed by atoms with Crippen LogP contribution < -0.4 is 4.74 Å². The van der Waals surface area contributed by atoms with Crippen LogP contribution in [0.3, 0.4) is 0 Å². The van der Waals surface area contributed by atoms with Gasteiger partial charge in [-0.1, -0.05) is 36.4 Å². The van der Waals surface area contributed by atoms with Crippen molar-refractivity contribution in [1.82, 2.24) is 9.47 Å². The van der Waals surface area contributed by atoms with Crippen LogP contribution in [0.4, 0.5) is 4.79 Å². The Morgan fingerprint density at radius 1 is 1.04 bits per heavy atom. The summed E-state index contributed by atoms with van der Waals surface area (Å²) in [5.74, 6) is 0.821. The van der Waals surface area contributed by atoms with E-state index >= 15 is 0 Å². The number of carbonyl (C=O) groups excluding carboxylic acids is 1. The fourth-order valence-electron chi connectivity index (χ4n) is 2.96. The van der Waals surface area contributed by atoms with Crippen LogP contribution in [0.1, 0.15) is 26.3 Å². The second-order valence-electron chi connectivity index (χ2n) is 7.87. The van der Waals surface area contributed by atoms with Gasteiger partial charge < -0.3 is 18.9 Å². The third kappa shape index (κ3) is 5.06. The smallest absolute Gasteiger partial charge is 0.410 e. The molecule has 5 nitrogen and oxygen atoms in total. The summed E-state index contributed by atoms with van der Waals surface area (Å²) in [4.78, 5) is 13.6. The quantitative estimate of drug-likeness (QED) is 0.609. The van der Waals surface area contributed by atoms with Crippen molar-refractivity contribution in [2.24, 2.45) is 0 Å². The highest BCUT2D eigenvalue weighted by Gasteiger charge is 2.19. The van der Waals surface area contributed by atoms with Gasteiger partial charge in [-0.25, -0.2) is 4.79 Å². The highest BCUT2D eigenvalue weighted by atomic mass is 16.6. The van der Waals surface area contributed by atoms with E-state index in [0.29, 0.717) is 13.2 Å². The highest BCUT2D eigenvalue weighted by Crippen LogP contribution is 2.27. The minimum absolute atomic E-state index is 0.344. The molecule has 2 aromatic carbocycles. The molecule has 28 heavy (non-hydrogen) atoms. The van der Waals surface area contributed by atoms with E-state index in [2.05, 4.69) is 47.2 Å². The zero-order valence-electron chi connectivity index (χ0n) is 17.0. The molecule has 0 atom stereocenters. The Morgan fingerprint density at radius 2 is 1.79 bits per heavy atom. The Kier molecular flexibility index (Phi) is 5.93. The summed E-state index contributed by atoms with van der Waals surface area (Å²) in [5, 5.41) is 1.07. The highest BCUT2D eigenvalue weighted by molar-refractivity contribution is 5.86. The molecule has 0 saturated carbocycles. The van der Waals surface area contributed by atoms with Crippen molar-refractivity contribution in [3.05, 3.63) is 66.4 Å². The molecule has 0 N–H and O–H groups in total. The second-order valence-corrected chi connectivity index (χ2v) is 7.87. The third-order valence-electron chi connectivity index (χ3n) is 4.36. The van der Waals surface area contributed by atoms with Gasteiger partial charge in [0.1, 0.15) is 18.0 Å². The largest absolute Gasteiger partial charge is 0.491 e.